The predicted molar refractivity (Wildman–Crippen MR) is 61.6 cm³/mol. The Morgan fingerprint density at radius 3 is 2.71 bits per heavy atom. The van der Waals surface area contributed by atoms with Crippen molar-refractivity contribution in [1.82, 2.24) is 15.1 Å². The van der Waals surface area contributed by atoms with E-state index in [1.807, 2.05) is 6.08 Å². The van der Waals surface area contributed by atoms with E-state index in [4.69, 9.17) is 0 Å². The van der Waals surface area contributed by atoms with Crippen LogP contribution in [-0.4, -0.2) is 62.2 Å². The fourth-order valence-electron chi connectivity index (χ4n) is 1.78. The molecule has 1 aliphatic heterocycles. The number of likely N-dealkylation sites (N-methyl/N-ethyl adjacent to an activating group) is 1. The molecular weight excluding hydrogens is 174 g/mol. The minimum atomic E-state index is 1.02. The third-order valence-corrected chi connectivity index (χ3v) is 2.78. The van der Waals surface area contributed by atoms with Gasteiger partial charge in [-0.2, -0.15) is 0 Å². The number of rotatable bonds is 6. The lowest BCUT2D eigenvalue weighted by molar-refractivity contribution is 0.200. The first-order valence-electron chi connectivity index (χ1n) is 5.63. The Morgan fingerprint density at radius 2 is 2.14 bits per heavy atom. The van der Waals surface area contributed by atoms with Crippen molar-refractivity contribution in [2.75, 3.05) is 52.4 Å². The third kappa shape index (κ3) is 4.22. The number of piperazine rings is 1. The maximum atomic E-state index is 3.78. The molecule has 3 nitrogen and oxygen atoms in total. The number of hydrogen-bond acceptors (Lipinski definition) is 3. The molecule has 0 atom stereocenters. The van der Waals surface area contributed by atoms with Gasteiger partial charge in [0.05, 0.1) is 0 Å². The Balaban J connectivity index is 2.13. The third-order valence-electron chi connectivity index (χ3n) is 2.78. The van der Waals surface area contributed by atoms with Crippen LogP contribution in [0.1, 0.15) is 6.92 Å². The molecule has 82 valence electrons. The van der Waals surface area contributed by atoms with Gasteiger partial charge in [-0.1, -0.05) is 13.0 Å². The zero-order valence-corrected chi connectivity index (χ0v) is 9.34. The molecule has 0 aliphatic carbocycles. The molecule has 1 heterocycles. The van der Waals surface area contributed by atoms with E-state index in [2.05, 4.69) is 28.6 Å². The molecule has 0 spiro atoms. The van der Waals surface area contributed by atoms with Crippen molar-refractivity contribution in [2.24, 2.45) is 0 Å². The molecule has 0 unspecified atom stereocenters. The lowest BCUT2D eigenvalue weighted by Gasteiger charge is -2.29. The molecule has 1 rings (SSSR count). The summed E-state index contributed by atoms with van der Waals surface area (Å²) in [5, 5.41) is 3.37. The van der Waals surface area contributed by atoms with Crippen LogP contribution in [0.3, 0.4) is 0 Å². The van der Waals surface area contributed by atoms with Crippen molar-refractivity contribution < 1.29 is 0 Å². The minimum absolute atomic E-state index is 1.02. The summed E-state index contributed by atoms with van der Waals surface area (Å²) >= 11 is 0. The van der Waals surface area contributed by atoms with Crippen LogP contribution >= 0.6 is 0 Å². The second-order valence-electron chi connectivity index (χ2n) is 3.77. The van der Waals surface area contributed by atoms with Gasteiger partial charge in [-0.3, -0.25) is 9.80 Å². The van der Waals surface area contributed by atoms with Gasteiger partial charge >= 0.3 is 0 Å². The average molecular weight is 197 g/mol. The first-order valence-corrected chi connectivity index (χ1v) is 5.63. The molecule has 1 aliphatic rings. The van der Waals surface area contributed by atoms with Crippen LogP contribution in [0, 0.1) is 0 Å². The molecule has 3 heteroatoms. The lowest BCUT2D eigenvalue weighted by Crippen LogP contribution is -2.46. The van der Waals surface area contributed by atoms with Gasteiger partial charge in [0.2, 0.25) is 0 Å². The number of nitrogens with one attached hydrogen (secondary N) is 1. The van der Waals surface area contributed by atoms with Gasteiger partial charge in [0.25, 0.3) is 0 Å². The van der Waals surface area contributed by atoms with Crippen LogP contribution in [-0.2, 0) is 0 Å². The Hall–Kier alpha value is -0.380. The van der Waals surface area contributed by atoms with Crippen LogP contribution in [0.5, 0.6) is 0 Å². The van der Waals surface area contributed by atoms with Gasteiger partial charge in [-0.25, -0.2) is 0 Å². The van der Waals surface area contributed by atoms with E-state index in [0.717, 1.165) is 26.2 Å². The zero-order valence-electron chi connectivity index (χ0n) is 9.34. The van der Waals surface area contributed by atoms with Gasteiger partial charge in [0, 0.05) is 45.8 Å². The smallest absolute Gasteiger partial charge is 0.0161 e. The average Bonchev–Trinajstić information content (AvgIpc) is 2.25. The summed E-state index contributed by atoms with van der Waals surface area (Å²) in [5.74, 6) is 0. The summed E-state index contributed by atoms with van der Waals surface area (Å²) < 4.78 is 0. The molecule has 0 aromatic rings. The molecule has 0 aromatic carbocycles. The first-order chi connectivity index (χ1) is 6.86. The van der Waals surface area contributed by atoms with Crippen LogP contribution < -0.4 is 5.32 Å². The maximum Gasteiger partial charge on any atom is 0.0161 e. The first kappa shape index (κ1) is 11.7. The summed E-state index contributed by atoms with van der Waals surface area (Å²) in [6, 6.07) is 0. The molecule has 0 saturated carbocycles. The molecule has 1 saturated heterocycles. The van der Waals surface area contributed by atoms with E-state index in [1.165, 1.54) is 26.2 Å². The van der Waals surface area contributed by atoms with E-state index in [0.29, 0.717) is 0 Å². The highest BCUT2D eigenvalue weighted by Crippen LogP contribution is 1.94. The topological polar surface area (TPSA) is 18.5 Å². The van der Waals surface area contributed by atoms with Crippen LogP contribution in [0.15, 0.2) is 12.7 Å². The maximum absolute atomic E-state index is 3.78. The molecule has 0 bridgehead atoms. The SMILES string of the molecule is C=CCN(CC)CCN1CCNCC1. The summed E-state index contributed by atoms with van der Waals surface area (Å²) in [5.41, 5.74) is 0. The van der Waals surface area contributed by atoms with Crippen molar-refractivity contribution in [3.8, 4) is 0 Å². The standard InChI is InChI=1S/C11H23N3/c1-3-7-13(4-2)10-11-14-8-5-12-6-9-14/h3,12H,1,4-11H2,2H3. The van der Waals surface area contributed by atoms with Crippen LogP contribution in [0.4, 0.5) is 0 Å². The Labute approximate surface area is 87.8 Å². The highest BCUT2D eigenvalue weighted by atomic mass is 15.2. The van der Waals surface area contributed by atoms with E-state index in [-0.39, 0.29) is 0 Å². The van der Waals surface area contributed by atoms with Crippen molar-refractivity contribution in [1.29, 1.82) is 0 Å². The second kappa shape index (κ2) is 6.98. The molecular formula is C11H23N3. The summed E-state index contributed by atoms with van der Waals surface area (Å²) in [6.45, 7) is 15.2. The Bertz CT molecular complexity index is 153. The van der Waals surface area contributed by atoms with E-state index < -0.39 is 0 Å². The molecule has 1 N–H and O–H groups in total. The zero-order chi connectivity index (χ0) is 10.2. The highest BCUT2D eigenvalue weighted by molar-refractivity contribution is 4.74. The molecule has 0 radical (unpaired) electrons. The molecule has 14 heavy (non-hydrogen) atoms. The summed E-state index contributed by atoms with van der Waals surface area (Å²) in [7, 11) is 0. The monoisotopic (exact) mass is 197 g/mol. The highest BCUT2D eigenvalue weighted by Gasteiger charge is 2.09. The van der Waals surface area contributed by atoms with Crippen molar-refractivity contribution in [3.63, 3.8) is 0 Å². The fraction of sp³-hybridized carbons (Fsp3) is 0.818. The molecule has 0 amide bonds. The Kier molecular flexibility index (Phi) is 5.83. The minimum Gasteiger partial charge on any atom is -0.314 e. The largest absolute Gasteiger partial charge is 0.314 e. The fourth-order valence-corrected chi connectivity index (χ4v) is 1.78. The van der Waals surface area contributed by atoms with Crippen molar-refractivity contribution in [3.05, 3.63) is 12.7 Å². The quantitative estimate of drug-likeness (QED) is 0.622. The van der Waals surface area contributed by atoms with Gasteiger partial charge in [0.1, 0.15) is 0 Å². The van der Waals surface area contributed by atoms with Gasteiger partial charge in [0.15, 0.2) is 0 Å². The van der Waals surface area contributed by atoms with Crippen molar-refractivity contribution in [2.45, 2.75) is 6.92 Å². The van der Waals surface area contributed by atoms with Crippen molar-refractivity contribution >= 4 is 0 Å². The number of nitrogens with zero attached hydrogens (tertiary/aromatic N) is 2. The van der Waals surface area contributed by atoms with E-state index in [9.17, 15) is 0 Å². The predicted octanol–water partition coefficient (Wildman–Crippen LogP) is 0.400. The molecule has 0 aromatic heterocycles. The van der Waals surface area contributed by atoms with Gasteiger partial charge < -0.3 is 5.32 Å². The summed E-state index contributed by atoms with van der Waals surface area (Å²) in [4.78, 5) is 4.96. The lowest BCUT2D eigenvalue weighted by atomic mass is 10.3. The van der Waals surface area contributed by atoms with Gasteiger partial charge in [-0.05, 0) is 6.54 Å². The van der Waals surface area contributed by atoms with Crippen LogP contribution in [0.2, 0.25) is 0 Å². The second-order valence-corrected chi connectivity index (χ2v) is 3.77. The summed E-state index contributed by atoms with van der Waals surface area (Å²) in [6.07, 6.45) is 1.99. The van der Waals surface area contributed by atoms with Crippen LogP contribution in [0.25, 0.3) is 0 Å². The Morgan fingerprint density at radius 1 is 1.43 bits per heavy atom. The van der Waals surface area contributed by atoms with Gasteiger partial charge in [-0.15, -0.1) is 6.58 Å². The van der Waals surface area contributed by atoms with E-state index in [1.54, 1.807) is 0 Å². The normalized spacial score (nSPS) is 18.7. The molecule has 1 fully saturated rings. The number of hydrogen-bond donors (Lipinski definition) is 1. The van der Waals surface area contributed by atoms with E-state index >= 15 is 0 Å².